The molecule has 0 saturated carbocycles. The van der Waals surface area contributed by atoms with Crippen LogP contribution in [0.15, 0.2) is 17.3 Å². The molecule has 22 heavy (non-hydrogen) atoms. The van der Waals surface area contributed by atoms with Crippen LogP contribution in [-0.2, 0) is 4.74 Å². The summed E-state index contributed by atoms with van der Waals surface area (Å²) in [5.74, 6) is 0.771. The molecule has 0 bridgehead atoms. The first-order valence-corrected chi connectivity index (χ1v) is 7.89. The molecule has 0 aromatic heterocycles. The van der Waals surface area contributed by atoms with Crippen LogP contribution < -0.4 is 11.1 Å². The number of nitrogens with zero attached hydrogens (tertiary/aromatic N) is 2. The van der Waals surface area contributed by atoms with Crippen molar-refractivity contribution in [2.75, 3.05) is 34.3 Å². The number of allylic oxidation sites excluding steroid dienone is 1. The smallest absolute Gasteiger partial charge is 0.311 e. The van der Waals surface area contributed by atoms with Crippen LogP contribution in [0.3, 0.4) is 0 Å². The Morgan fingerprint density at radius 3 is 2.00 bits per heavy atom. The van der Waals surface area contributed by atoms with E-state index in [4.69, 9.17) is 4.74 Å². The number of rotatable bonds is 2. The summed E-state index contributed by atoms with van der Waals surface area (Å²) in [5, 5.41) is 2.17. The molecule has 6 heteroatoms. The van der Waals surface area contributed by atoms with Gasteiger partial charge in [-0.05, 0) is 39.9 Å². The zero-order valence-corrected chi connectivity index (χ0v) is 15.5. The minimum atomic E-state index is -0.495. The molecule has 0 aromatic carbocycles. The van der Waals surface area contributed by atoms with E-state index in [1.165, 1.54) is 33.0 Å². The van der Waals surface area contributed by atoms with E-state index in [0.29, 0.717) is 0 Å². The molecule has 132 valence electrons. The maximum Gasteiger partial charge on any atom is 0.311 e. The van der Waals surface area contributed by atoms with Gasteiger partial charge in [0.15, 0.2) is 5.90 Å². The monoisotopic (exact) mass is 316 g/mol. The predicted octanol–water partition coefficient (Wildman–Crippen LogP) is 3.00. The first kappa shape index (κ1) is 25.4. The molecule has 1 aliphatic heterocycles. The van der Waals surface area contributed by atoms with Crippen molar-refractivity contribution in [2.24, 2.45) is 10.7 Å². The highest BCUT2D eigenvalue weighted by molar-refractivity contribution is 5.76. The van der Waals surface area contributed by atoms with E-state index >= 15 is 0 Å². The summed E-state index contributed by atoms with van der Waals surface area (Å²) in [6.45, 7) is 10.6. The Hall–Kier alpha value is -1.56. The van der Waals surface area contributed by atoms with Gasteiger partial charge in [0, 0.05) is 19.7 Å². The van der Waals surface area contributed by atoms with Crippen LogP contribution in [0.5, 0.6) is 0 Å². The number of carbonyl (C=O) groups excluding carboxylic acids is 1. The Morgan fingerprint density at radius 2 is 1.82 bits per heavy atom. The maximum absolute atomic E-state index is 9.48. The van der Waals surface area contributed by atoms with Gasteiger partial charge in [-0.1, -0.05) is 26.8 Å². The Morgan fingerprint density at radius 1 is 1.36 bits per heavy atom. The van der Waals surface area contributed by atoms with Gasteiger partial charge in [0.2, 0.25) is 0 Å². The molecule has 1 saturated heterocycles. The Kier molecular flexibility index (Phi) is 25.1. The largest absolute Gasteiger partial charge is 0.484 e. The van der Waals surface area contributed by atoms with E-state index in [0.717, 1.165) is 12.3 Å². The lowest BCUT2D eigenvalue weighted by molar-refractivity contribution is 0.251. The third kappa shape index (κ3) is 23.5. The summed E-state index contributed by atoms with van der Waals surface area (Å²) in [6.07, 6.45) is 7.27. The first-order valence-electron chi connectivity index (χ1n) is 7.89. The van der Waals surface area contributed by atoms with Crippen LogP contribution in [-0.4, -0.2) is 51.1 Å². The van der Waals surface area contributed by atoms with Crippen LogP contribution in [0.1, 0.15) is 47.0 Å². The number of nitrogens with two attached hydrogens (primary N) is 1. The van der Waals surface area contributed by atoms with E-state index in [-0.39, 0.29) is 0 Å². The standard InChI is InChI=1S/C7H13NO.C5H11N.C2H6N2O.C2H6/c1-4-6-8-7(5-2)9-3;1-6-4-2-3-5-6;1-4-2(3)5;1-2/h4,6H,5H2,1-3H3;2-5H2,1H3;1H3,(H3,3,4,5);1-2H3/b6-4-,8-7?;;;. The fourth-order valence-corrected chi connectivity index (χ4v) is 1.32. The highest BCUT2D eigenvalue weighted by Gasteiger charge is 2.03. The molecule has 3 N–H and O–H groups in total. The number of hydrogen-bond donors (Lipinski definition) is 2. The van der Waals surface area contributed by atoms with Crippen molar-refractivity contribution in [3.05, 3.63) is 12.3 Å². The van der Waals surface area contributed by atoms with Gasteiger partial charge in [0.1, 0.15) is 0 Å². The number of likely N-dealkylation sites (tertiary alicyclic amines) is 1. The van der Waals surface area contributed by atoms with Crippen molar-refractivity contribution in [2.45, 2.75) is 47.0 Å². The number of methoxy groups -OCH3 is 1. The molecule has 1 rings (SSSR count). The van der Waals surface area contributed by atoms with Gasteiger partial charge in [-0.2, -0.15) is 0 Å². The number of nitrogens with one attached hydrogen (secondary N) is 1. The fourth-order valence-electron chi connectivity index (χ4n) is 1.32. The Labute approximate surface area is 136 Å². The number of aliphatic imine (C=N–C) groups is 1. The van der Waals surface area contributed by atoms with Crippen LogP contribution in [0, 0.1) is 0 Å². The number of amides is 2. The number of primary amides is 1. The zero-order valence-electron chi connectivity index (χ0n) is 15.5. The highest BCUT2D eigenvalue weighted by atomic mass is 16.5. The molecule has 0 aliphatic carbocycles. The summed E-state index contributed by atoms with van der Waals surface area (Å²) < 4.78 is 4.90. The third-order valence-corrected chi connectivity index (χ3v) is 2.48. The molecular formula is C16H36N4O2. The Bertz CT molecular complexity index is 280. The maximum atomic E-state index is 9.48. The molecule has 1 heterocycles. The normalized spacial score (nSPS) is 13.9. The SMILES string of the molecule is C/C=C\N=C(CC)OC.CC.CN1CCCC1.CNC(N)=O. The number of carbonyl (C=O) groups is 1. The third-order valence-electron chi connectivity index (χ3n) is 2.48. The second kappa shape index (κ2) is 21.7. The second-order valence-corrected chi connectivity index (χ2v) is 4.19. The minimum absolute atomic E-state index is 0.495. The molecule has 2 amide bonds. The average molecular weight is 316 g/mol. The average Bonchev–Trinajstić information content (AvgIpc) is 3.02. The summed E-state index contributed by atoms with van der Waals surface area (Å²) >= 11 is 0. The quantitative estimate of drug-likeness (QED) is 0.607. The van der Waals surface area contributed by atoms with Gasteiger partial charge in [0.25, 0.3) is 0 Å². The summed E-state index contributed by atoms with van der Waals surface area (Å²) in [5.41, 5.74) is 4.54. The van der Waals surface area contributed by atoms with Crippen molar-refractivity contribution < 1.29 is 9.53 Å². The topological polar surface area (TPSA) is 79.9 Å². The van der Waals surface area contributed by atoms with E-state index in [2.05, 4.69) is 28.0 Å². The van der Waals surface area contributed by atoms with Crippen LogP contribution in [0.4, 0.5) is 4.79 Å². The van der Waals surface area contributed by atoms with E-state index < -0.39 is 6.03 Å². The summed E-state index contributed by atoms with van der Waals surface area (Å²) in [7, 11) is 5.28. The fraction of sp³-hybridized carbons (Fsp3) is 0.750. The second-order valence-electron chi connectivity index (χ2n) is 4.19. The van der Waals surface area contributed by atoms with Crippen molar-refractivity contribution in [3.8, 4) is 0 Å². The van der Waals surface area contributed by atoms with E-state index in [1.807, 2.05) is 33.8 Å². The molecule has 0 aromatic rings. The summed E-state index contributed by atoms with van der Waals surface area (Å²) in [6, 6.07) is -0.495. The van der Waals surface area contributed by atoms with E-state index in [1.54, 1.807) is 13.3 Å². The van der Waals surface area contributed by atoms with Crippen molar-refractivity contribution >= 4 is 11.9 Å². The van der Waals surface area contributed by atoms with Gasteiger partial charge in [-0.25, -0.2) is 9.79 Å². The molecule has 6 nitrogen and oxygen atoms in total. The van der Waals surface area contributed by atoms with Gasteiger partial charge in [-0.15, -0.1) is 0 Å². The van der Waals surface area contributed by atoms with Crippen molar-refractivity contribution in [1.29, 1.82) is 0 Å². The van der Waals surface area contributed by atoms with Crippen LogP contribution in [0.2, 0.25) is 0 Å². The lowest BCUT2D eigenvalue weighted by atomic mass is 10.4. The first-order chi connectivity index (χ1) is 10.5. The lowest BCUT2D eigenvalue weighted by Gasteiger charge is -2.01. The van der Waals surface area contributed by atoms with Crippen LogP contribution in [0.25, 0.3) is 0 Å². The predicted molar refractivity (Wildman–Crippen MR) is 96.3 cm³/mol. The van der Waals surface area contributed by atoms with Crippen molar-refractivity contribution in [1.82, 2.24) is 10.2 Å². The number of urea groups is 1. The van der Waals surface area contributed by atoms with Gasteiger partial charge < -0.3 is 20.7 Å². The molecule has 1 aliphatic rings. The van der Waals surface area contributed by atoms with Crippen molar-refractivity contribution in [3.63, 3.8) is 0 Å². The molecule has 0 atom stereocenters. The van der Waals surface area contributed by atoms with Gasteiger partial charge in [-0.3, -0.25) is 0 Å². The summed E-state index contributed by atoms with van der Waals surface area (Å²) in [4.78, 5) is 15.8. The van der Waals surface area contributed by atoms with Gasteiger partial charge >= 0.3 is 6.03 Å². The number of hydrogen-bond acceptors (Lipinski definition) is 4. The van der Waals surface area contributed by atoms with E-state index in [9.17, 15) is 4.79 Å². The molecule has 1 fully saturated rings. The minimum Gasteiger partial charge on any atom is -0.484 e. The van der Waals surface area contributed by atoms with Crippen LogP contribution >= 0.6 is 0 Å². The molecule has 0 spiro atoms. The molecular weight excluding hydrogens is 280 g/mol. The van der Waals surface area contributed by atoms with Gasteiger partial charge in [0.05, 0.1) is 7.11 Å². The zero-order chi connectivity index (χ0) is 17.8. The molecule has 0 unspecified atom stereocenters. The lowest BCUT2D eigenvalue weighted by Crippen LogP contribution is -2.24. The molecule has 0 radical (unpaired) electrons. The Balaban J connectivity index is -0.000000242. The number of ether oxygens (including phenoxy) is 1. The highest BCUT2D eigenvalue weighted by Crippen LogP contribution is 2.02.